The van der Waals surface area contributed by atoms with E-state index in [0.717, 1.165) is 17.5 Å². The van der Waals surface area contributed by atoms with E-state index < -0.39 is 0 Å². The smallest absolute Gasteiger partial charge is 0.410 e. The van der Waals surface area contributed by atoms with E-state index in [-0.39, 0.29) is 12.1 Å². The molecule has 4 nitrogen and oxygen atoms in total. The van der Waals surface area contributed by atoms with E-state index in [1.807, 2.05) is 32.0 Å². The van der Waals surface area contributed by atoms with Crippen LogP contribution in [0.2, 0.25) is 0 Å². The van der Waals surface area contributed by atoms with Crippen molar-refractivity contribution in [3.63, 3.8) is 0 Å². The van der Waals surface area contributed by atoms with Gasteiger partial charge in [0.25, 0.3) is 0 Å². The minimum atomic E-state index is -0.299. The zero-order valence-corrected chi connectivity index (χ0v) is 10.3. The first-order valence-electron chi connectivity index (χ1n) is 5.86. The summed E-state index contributed by atoms with van der Waals surface area (Å²) in [5.41, 5.74) is 7.88. The number of benzene rings is 1. The lowest BCUT2D eigenvalue weighted by Crippen LogP contribution is -2.34. The third-order valence-electron chi connectivity index (χ3n) is 3.24. The second-order valence-electron chi connectivity index (χ2n) is 4.56. The number of likely N-dealkylation sites (tertiary alicyclic amines) is 1. The number of nitrogens with zero attached hydrogens (tertiary/aromatic N) is 1. The molecule has 0 aromatic heterocycles. The van der Waals surface area contributed by atoms with Gasteiger partial charge < -0.3 is 15.4 Å². The molecule has 4 heteroatoms. The Morgan fingerprint density at radius 1 is 1.47 bits per heavy atom. The highest BCUT2D eigenvalue weighted by Crippen LogP contribution is 2.22. The number of carbonyl (C=O) groups excluding carboxylic acids is 1. The van der Waals surface area contributed by atoms with Crippen LogP contribution in [-0.4, -0.2) is 30.1 Å². The molecule has 1 aromatic carbocycles. The van der Waals surface area contributed by atoms with Crippen LogP contribution >= 0.6 is 0 Å². The first-order valence-corrected chi connectivity index (χ1v) is 5.86. The molecule has 0 radical (unpaired) electrons. The van der Waals surface area contributed by atoms with Gasteiger partial charge in [-0.1, -0.05) is 12.1 Å². The lowest BCUT2D eigenvalue weighted by molar-refractivity contribution is 0.162. The third-order valence-corrected chi connectivity index (χ3v) is 3.24. The summed E-state index contributed by atoms with van der Waals surface area (Å²) in [6.07, 6.45) is 0.550. The van der Waals surface area contributed by atoms with E-state index in [2.05, 4.69) is 0 Å². The normalized spacial score (nSPS) is 19.5. The van der Waals surface area contributed by atoms with Crippen LogP contribution in [0.15, 0.2) is 18.2 Å². The number of nitrogens with two attached hydrogens (primary N) is 1. The molecule has 92 valence electrons. The van der Waals surface area contributed by atoms with Crippen LogP contribution in [0.3, 0.4) is 0 Å². The van der Waals surface area contributed by atoms with Crippen molar-refractivity contribution in [2.24, 2.45) is 5.73 Å². The average Bonchev–Trinajstić information content (AvgIpc) is 2.72. The summed E-state index contributed by atoms with van der Waals surface area (Å²) >= 11 is 0. The summed E-state index contributed by atoms with van der Waals surface area (Å²) in [7, 11) is 0. The zero-order chi connectivity index (χ0) is 12.4. The topological polar surface area (TPSA) is 55.6 Å². The maximum absolute atomic E-state index is 11.9. The summed E-state index contributed by atoms with van der Waals surface area (Å²) < 4.78 is 5.39. The summed E-state index contributed by atoms with van der Waals surface area (Å²) in [4.78, 5) is 13.5. The molecule has 1 saturated heterocycles. The van der Waals surface area contributed by atoms with Crippen molar-refractivity contribution in [1.82, 2.24) is 4.90 Å². The number of hydrogen-bond donors (Lipinski definition) is 1. The maximum Gasteiger partial charge on any atom is 0.415 e. The standard InChI is InChI=1S/C13H18N2O2/c1-9-4-3-5-12(10(9)2)17-13(16)15-7-6-11(14)8-15/h3-5,11H,6-8,14H2,1-2H3. The summed E-state index contributed by atoms with van der Waals surface area (Å²) in [6.45, 7) is 5.22. The molecule has 0 bridgehead atoms. The lowest BCUT2D eigenvalue weighted by atomic mass is 10.1. The maximum atomic E-state index is 11.9. The van der Waals surface area contributed by atoms with Gasteiger partial charge in [-0.2, -0.15) is 0 Å². The van der Waals surface area contributed by atoms with Crippen LogP contribution < -0.4 is 10.5 Å². The number of aryl methyl sites for hydroxylation is 1. The van der Waals surface area contributed by atoms with E-state index in [4.69, 9.17) is 10.5 Å². The molecule has 1 amide bonds. The zero-order valence-electron chi connectivity index (χ0n) is 10.3. The SMILES string of the molecule is Cc1cccc(OC(=O)N2CCC(N)C2)c1C. The monoisotopic (exact) mass is 234 g/mol. The Labute approximate surface area is 101 Å². The van der Waals surface area contributed by atoms with Crippen LogP contribution in [0, 0.1) is 13.8 Å². The fourth-order valence-electron chi connectivity index (χ4n) is 1.95. The molecule has 1 aliphatic heterocycles. The molecule has 2 N–H and O–H groups in total. The van der Waals surface area contributed by atoms with Gasteiger partial charge in [0.1, 0.15) is 5.75 Å². The fraction of sp³-hybridized carbons (Fsp3) is 0.462. The molecular formula is C13H18N2O2. The van der Waals surface area contributed by atoms with E-state index >= 15 is 0 Å². The van der Waals surface area contributed by atoms with Crippen LogP contribution in [0.1, 0.15) is 17.5 Å². The van der Waals surface area contributed by atoms with Crippen molar-refractivity contribution < 1.29 is 9.53 Å². The molecule has 1 heterocycles. The first kappa shape index (κ1) is 11.9. The van der Waals surface area contributed by atoms with Crippen molar-refractivity contribution in [3.05, 3.63) is 29.3 Å². The second-order valence-corrected chi connectivity index (χ2v) is 4.56. The minimum absolute atomic E-state index is 0.0844. The van der Waals surface area contributed by atoms with Crippen LogP contribution in [-0.2, 0) is 0 Å². The molecule has 1 aromatic rings. The van der Waals surface area contributed by atoms with Gasteiger partial charge in [0.2, 0.25) is 0 Å². The number of amides is 1. The first-order chi connectivity index (χ1) is 8.08. The molecule has 17 heavy (non-hydrogen) atoms. The van der Waals surface area contributed by atoms with Gasteiger partial charge in [0.15, 0.2) is 0 Å². The van der Waals surface area contributed by atoms with Gasteiger partial charge in [-0.25, -0.2) is 4.79 Å². The highest BCUT2D eigenvalue weighted by Gasteiger charge is 2.25. The van der Waals surface area contributed by atoms with E-state index in [0.29, 0.717) is 18.8 Å². The van der Waals surface area contributed by atoms with Crippen molar-refractivity contribution in [3.8, 4) is 5.75 Å². The van der Waals surface area contributed by atoms with E-state index in [1.165, 1.54) is 0 Å². The quantitative estimate of drug-likeness (QED) is 0.806. The highest BCUT2D eigenvalue weighted by atomic mass is 16.6. The van der Waals surface area contributed by atoms with Gasteiger partial charge in [-0.3, -0.25) is 0 Å². The Bertz CT molecular complexity index is 431. The number of hydrogen-bond acceptors (Lipinski definition) is 3. The fourth-order valence-corrected chi connectivity index (χ4v) is 1.95. The van der Waals surface area contributed by atoms with Crippen molar-refractivity contribution in [2.75, 3.05) is 13.1 Å². The van der Waals surface area contributed by atoms with E-state index in [9.17, 15) is 4.79 Å². The van der Waals surface area contributed by atoms with Crippen LogP contribution in [0.5, 0.6) is 5.75 Å². The van der Waals surface area contributed by atoms with Gasteiger partial charge >= 0.3 is 6.09 Å². The average molecular weight is 234 g/mol. The molecule has 1 unspecified atom stereocenters. The molecule has 0 aliphatic carbocycles. The van der Waals surface area contributed by atoms with Crippen molar-refractivity contribution in [1.29, 1.82) is 0 Å². The molecule has 1 aliphatic rings. The predicted molar refractivity (Wildman–Crippen MR) is 66.1 cm³/mol. The molecule has 2 rings (SSSR count). The van der Waals surface area contributed by atoms with Crippen molar-refractivity contribution >= 4 is 6.09 Å². The summed E-state index contributed by atoms with van der Waals surface area (Å²) in [5.74, 6) is 0.635. The molecule has 1 atom stereocenters. The molecule has 1 fully saturated rings. The molecule has 0 spiro atoms. The third kappa shape index (κ3) is 2.58. The molecular weight excluding hydrogens is 216 g/mol. The van der Waals surface area contributed by atoms with Crippen LogP contribution in [0.4, 0.5) is 4.79 Å². The number of ether oxygens (including phenoxy) is 1. The van der Waals surface area contributed by atoms with Gasteiger partial charge in [-0.15, -0.1) is 0 Å². The highest BCUT2D eigenvalue weighted by molar-refractivity contribution is 5.71. The van der Waals surface area contributed by atoms with Crippen LogP contribution in [0.25, 0.3) is 0 Å². The number of carbonyl (C=O) groups is 1. The largest absolute Gasteiger partial charge is 0.415 e. The summed E-state index contributed by atoms with van der Waals surface area (Å²) in [6, 6.07) is 5.79. The van der Waals surface area contributed by atoms with Crippen molar-refractivity contribution in [2.45, 2.75) is 26.3 Å². The van der Waals surface area contributed by atoms with Gasteiger partial charge in [0, 0.05) is 19.1 Å². The lowest BCUT2D eigenvalue weighted by Gasteiger charge is -2.16. The Balaban J connectivity index is 2.06. The molecule has 0 saturated carbocycles. The predicted octanol–water partition coefficient (Wildman–Crippen LogP) is 1.84. The Hall–Kier alpha value is -1.55. The van der Waals surface area contributed by atoms with Gasteiger partial charge in [0.05, 0.1) is 0 Å². The Morgan fingerprint density at radius 2 is 2.24 bits per heavy atom. The summed E-state index contributed by atoms with van der Waals surface area (Å²) in [5, 5.41) is 0. The second kappa shape index (κ2) is 4.75. The van der Waals surface area contributed by atoms with E-state index in [1.54, 1.807) is 4.90 Å². The Morgan fingerprint density at radius 3 is 2.88 bits per heavy atom. The van der Waals surface area contributed by atoms with Gasteiger partial charge in [-0.05, 0) is 37.5 Å². The number of rotatable bonds is 1. The minimum Gasteiger partial charge on any atom is -0.410 e. The Kier molecular flexibility index (Phi) is 3.33.